The summed E-state index contributed by atoms with van der Waals surface area (Å²) in [6.45, 7) is 0.601. The monoisotopic (exact) mass is 412 g/mol. The van der Waals surface area contributed by atoms with E-state index in [0.29, 0.717) is 18.7 Å². The van der Waals surface area contributed by atoms with Gasteiger partial charge >= 0.3 is 0 Å². The summed E-state index contributed by atoms with van der Waals surface area (Å²) in [7, 11) is -3.49. The van der Waals surface area contributed by atoms with Crippen molar-refractivity contribution < 1.29 is 18.0 Å². The minimum atomic E-state index is -3.49. The van der Waals surface area contributed by atoms with Gasteiger partial charge < -0.3 is 16.0 Å². The van der Waals surface area contributed by atoms with Gasteiger partial charge in [-0.1, -0.05) is 11.6 Å². The van der Waals surface area contributed by atoms with Gasteiger partial charge in [-0.3, -0.25) is 14.3 Å². The number of anilines is 2. The number of carbonyl (C=O) groups is 2. The predicted molar refractivity (Wildman–Crippen MR) is 106 cm³/mol. The molecule has 1 aromatic rings. The van der Waals surface area contributed by atoms with Crippen LogP contribution in [-0.2, 0) is 19.6 Å². The average molecular weight is 413 g/mol. The van der Waals surface area contributed by atoms with Crippen LogP contribution < -0.4 is 15.8 Å². The highest BCUT2D eigenvalue weighted by Crippen LogP contribution is 2.24. The summed E-state index contributed by atoms with van der Waals surface area (Å²) in [6.07, 6.45) is 7.38. The van der Waals surface area contributed by atoms with E-state index in [4.69, 9.17) is 17.3 Å². The normalized spacial score (nSPS) is 15.9. The van der Waals surface area contributed by atoms with E-state index in [1.54, 1.807) is 4.90 Å². The number of hydrogen-bond donors (Lipinski definition) is 3. The smallest absolute Gasteiger partial charge is 0.257 e. The van der Waals surface area contributed by atoms with Crippen molar-refractivity contribution in [3.05, 3.63) is 47.3 Å². The van der Waals surface area contributed by atoms with Crippen LogP contribution in [-0.4, -0.2) is 37.9 Å². The summed E-state index contributed by atoms with van der Waals surface area (Å²) in [6, 6.07) is 4.32. The average Bonchev–Trinajstić information content (AvgIpc) is 2.54. The molecule has 4 N–H and O–H groups in total. The van der Waals surface area contributed by atoms with Crippen molar-refractivity contribution >= 4 is 44.8 Å². The van der Waals surface area contributed by atoms with E-state index < -0.39 is 15.9 Å². The quantitative estimate of drug-likeness (QED) is 0.487. The zero-order chi connectivity index (χ0) is 20.0. The van der Waals surface area contributed by atoms with Crippen LogP contribution in [0, 0.1) is 0 Å². The van der Waals surface area contributed by atoms with E-state index in [0.717, 1.165) is 25.3 Å². The molecule has 1 aliphatic rings. The van der Waals surface area contributed by atoms with Crippen molar-refractivity contribution in [3.8, 4) is 0 Å². The number of nitrogens with one attached hydrogen (secondary N) is 2. The van der Waals surface area contributed by atoms with Crippen LogP contribution in [0.25, 0.3) is 0 Å². The molecule has 0 bridgehead atoms. The summed E-state index contributed by atoms with van der Waals surface area (Å²) >= 11 is 5.97. The fourth-order valence-electron chi connectivity index (χ4n) is 2.50. The van der Waals surface area contributed by atoms with Crippen LogP contribution in [0.4, 0.5) is 11.4 Å². The van der Waals surface area contributed by atoms with Crippen molar-refractivity contribution in [1.29, 1.82) is 0 Å². The molecule has 0 atom stereocenters. The fraction of sp³-hybridized carbons (Fsp3) is 0.294. The number of rotatable bonds is 6. The van der Waals surface area contributed by atoms with E-state index in [-0.39, 0.29) is 22.2 Å². The Morgan fingerprint density at radius 1 is 1.26 bits per heavy atom. The lowest BCUT2D eigenvalue weighted by atomic mass is 10.1. The third-order valence-electron chi connectivity index (χ3n) is 3.69. The van der Waals surface area contributed by atoms with Crippen molar-refractivity contribution in [2.24, 2.45) is 5.73 Å². The Hall–Kier alpha value is -2.52. The third kappa shape index (κ3) is 6.61. The Labute approximate surface area is 163 Å². The summed E-state index contributed by atoms with van der Waals surface area (Å²) in [5, 5.41) is 2.84. The van der Waals surface area contributed by atoms with Crippen LogP contribution in [0.3, 0.4) is 0 Å². The molecular weight excluding hydrogens is 392 g/mol. The number of carbonyl (C=O) groups excluding carboxylic acids is 2. The lowest BCUT2D eigenvalue weighted by molar-refractivity contribution is -0.130. The first kappa shape index (κ1) is 20.8. The Balaban J connectivity index is 2.11. The highest BCUT2D eigenvalue weighted by Gasteiger charge is 2.16. The summed E-state index contributed by atoms with van der Waals surface area (Å²) in [5.74, 6) is -0.522. The van der Waals surface area contributed by atoms with E-state index in [2.05, 4.69) is 10.0 Å². The Bertz CT molecular complexity index is 896. The molecule has 0 spiro atoms. The molecule has 0 aliphatic carbocycles. The zero-order valence-corrected chi connectivity index (χ0v) is 16.3. The second kappa shape index (κ2) is 8.92. The second-order valence-electron chi connectivity index (χ2n) is 6.04. The lowest BCUT2D eigenvalue weighted by Crippen LogP contribution is -2.30. The molecule has 1 fully saturated rings. The number of hydrogen-bond acceptors (Lipinski definition) is 5. The molecule has 1 saturated heterocycles. The van der Waals surface area contributed by atoms with Crippen molar-refractivity contribution in [2.75, 3.05) is 22.8 Å². The molecule has 0 unspecified atom stereocenters. The minimum Gasteiger partial charge on any atom is -0.404 e. The van der Waals surface area contributed by atoms with Gasteiger partial charge in [-0.2, -0.15) is 0 Å². The number of benzene rings is 1. The molecule has 2 amide bonds. The van der Waals surface area contributed by atoms with Gasteiger partial charge in [0.25, 0.3) is 5.91 Å². The van der Waals surface area contributed by atoms with Gasteiger partial charge in [0.1, 0.15) is 0 Å². The molecule has 0 aromatic heterocycles. The molecular formula is C17H21ClN4O4S. The fourth-order valence-corrected chi connectivity index (χ4v) is 3.28. The van der Waals surface area contributed by atoms with Crippen LogP contribution in [0.2, 0.25) is 5.02 Å². The number of sulfonamides is 1. The van der Waals surface area contributed by atoms with E-state index >= 15 is 0 Å². The number of nitrogens with two attached hydrogens (primary N) is 1. The van der Waals surface area contributed by atoms with E-state index in [1.807, 2.05) is 0 Å². The Morgan fingerprint density at radius 2 is 1.96 bits per heavy atom. The molecule has 8 nitrogen and oxygen atoms in total. The maximum atomic E-state index is 12.4. The van der Waals surface area contributed by atoms with Gasteiger partial charge in [-0.05, 0) is 37.1 Å². The number of halogens is 1. The first-order valence-electron chi connectivity index (χ1n) is 8.17. The van der Waals surface area contributed by atoms with Crippen LogP contribution in [0.15, 0.2) is 42.2 Å². The topological polar surface area (TPSA) is 122 Å². The van der Waals surface area contributed by atoms with Gasteiger partial charge in [0.15, 0.2) is 0 Å². The molecule has 1 aliphatic heterocycles. The van der Waals surface area contributed by atoms with Gasteiger partial charge in [0.05, 0.1) is 17.5 Å². The molecule has 0 radical (unpaired) electrons. The number of nitrogens with zero attached hydrogens (tertiary/aromatic N) is 1. The molecule has 1 heterocycles. The SMILES string of the molecule is CS(=O)(=O)Nc1cc(Cl)cc(NC(=O)C(/C=C/N2CCCCC2=O)=C/N)c1. The number of amides is 2. The Morgan fingerprint density at radius 3 is 2.59 bits per heavy atom. The molecule has 2 rings (SSSR count). The van der Waals surface area contributed by atoms with Crippen LogP contribution in [0.5, 0.6) is 0 Å². The summed E-state index contributed by atoms with van der Waals surface area (Å²) in [4.78, 5) is 25.8. The van der Waals surface area contributed by atoms with Gasteiger partial charge in [0, 0.05) is 36.1 Å². The molecule has 0 saturated carbocycles. The zero-order valence-electron chi connectivity index (χ0n) is 14.7. The second-order valence-corrected chi connectivity index (χ2v) is 8.22. The molecule has 27 heavy (non-hydrogen) atoms. The van der Waals surface area contributed by atoms with Gasteiger partial charge in [-0.25, -0.2) is 8.42 Å². The van der Waals surface area contributed by atoms with Crippen molar-refractivity contribution in [2.45, 2.75) is 19.3 Å². The molecule has 1 aromatic carbocycles. The van der Waals surface area contributed by atoms with Crippen molar-refractivity contribution in [1.82, 2.24) is 4.90 Å². The van der Waals surface area contributed by atoms with Crippen LogP contribution in [0.1, 0.15) is 19.3 Å². The van der Waals surface area contributed by atoms with E-state index in [9.17, 15) is 18.0 Å². The van der Waals surface area contributed by atoms with E-state index in [1.165, 1.54) is 30.5 Å². The molecule has 10 heteroatoms. The lowest BCUT2D eigenvalue weighted by Gasteiger charge is -2.22. The first-order chi connectivity index (χ1) is 12.7. The highest BCUT2D eigenvalue weighted by molar-refractivity contribution is 7.92. The van der Waals surface area contributed by atoms with Gasteiger partial charge in [0.2, 0.25) is 15.9 Å². The minimum absolute atomic E-state index is 0.000567. The Kier molecular flexibility index (Phi) is 6.86. The van der Waals surface area contributed by atoms with Crippen LogP contribution >= 0.6 is 11.6 Å². The highest BCUT2D eigenvalue weighted by atomic mass is 35.5. The number of likely N-dealkylation sites (tertiary alicyclic amines) is 1. The first-order valence-corrected chi connectivity index (χ1v) is 10.4. The van der Waals surface area contributed by atoms with Gasteiger partial charge in [-0.15, -0.1) is 0 Å². The largest absolute Gasteiger partial charge is 0.404 e. The molecule has 146 valence electrons. The maximum absolute atomic E-state index is 12.4. The van der Waals surface area contributed by atoms with Crippen molar-refractivity contribution in [3.63, 3.8) is 0 Å². The number of piperidine rings is 1. The summed E-state index contributed by atoms with van der Waals surface area (Å²) in [5.41, 5.74) is 6.18. The third-order valence-corrected chi connectivity index (χ3v) is 4.52. The summed E-state index contributed by atoms with van der Waals surface area (Å²) < 4.78 is 25.0. The standard InChI is InChI=1S/C17H21ClN4O4S/c1-27(25,26)21-15-9-13(18)8-14(10-15)20-17(24)12(11-19)5-7-22-6-3-2-4-16(22)23/h5,7-11,21H,2-4,6,19H2,1H3,(H,20,24)/b7-5+,12-11+. The maximum Gasteiger partial charge on any atom is 0.257 e. The predicted octanol–water partition coefficient (Wildman–Crippen LogP) is 2.02.